The van der Waals surface area contributed by atoms with Crippen LogP contribution in [0, 0.1) is 0 Å². The van der Waals surface area contributed by atoms with E-state index >= 15 is 0 Å². The van der Waals surface area contributed by atoms with Crippen LogP contribution in [0.25, 0.3) is 22.0 Å². The number of thiocarbonyl (C=S) groups is 1. The fraction of sp³-hybridized carbons (Fsp3) is 0.423. The van der Waals surface area contributed by atoms with Crippen LogP contribution in [0.2, 0.25) is 0 Å². The molecule has 4 nitrogen and oxygen atoms in total. The molecule has 1 fully saturated rings. The Bertz CT molecular complexity index is 1090. The van der Waals surface area contributed by atoms with E-state index in [-0.39, 0.29) is 0 Å². The van der Waals surface area contributed by atoms with E-state index in [0.717, 1.165) is 18.7 Å². The molecule has 1 aromatic heterocycles. The predicted octanol–water partition coefficient (Wildman–Crippen LogP) is 5.75. The first-order valence-corrected chi connectivity index (χ1v) is 12.9. The normalized spacial score (nSPS) is 19.5. The summed E-state index contributed by atoms with van der Waals surface area (Å²) >= 11 is 7.25. The molecule has 3 N–H and O–H groups in total. The van der Waals surface area contributed by atoms with Gasteiger partial charge in [0.25, 0.3) is 0 Å². The molecule has 0 aliphatic carbocycles. The van der Waals surface area contributed by atoms with Crippen LogP contribution in [0.4, 0.5) is 0 Å². The van der Waals surface area contributed by atoms with Gasteiger partial charge in [-0.2, -0.15) is 0 Å². The highest BCUT2D eigenvalue weighted by Gasteiger charge is 2.28. The van der Waals surface area contributed by atoms with Crippen molar-refractivity contribution in [3.63, 3.8) is 0 Å². The molecule has 32 heavy (non-hydrogen) atoms. The van der Waals surface area contributed by atoms with E-state index in [9.17, 15) is 0 Å². The van der Waals surface area contributed by atoms with Gasteiger partial charge in [0.2, 0.25) is 0 Å². The highest BCUT2D eigenvalue weighted by molar-refractivity contribution is 7.97. The highest BCUT2D eigenvalue weighted by Crippen LogP contribution is 2.38. The lowest BCUT2D eigenvalue weighted by Gasteiger charge is -2.37. The minimum absolute atomic E-state index is 0.442. The van der Waals surface area contributed by atoms with Crippen molar-refractivity contribution in [3.8, 4) is 11.1 Å². The van der Waals surface area contributed by atoms with Crippen molar-refractivity contribution >= 4 is 40.1 Å². The summed E-state index contributed by atoms with van der Waals surface area (Å²) in [5.41, 5.74) is 11.9. The predicted molar refractivity (Wildman–Crippen MR) is 143 cm³/mol. The van der Waals surface area contributed by atoms with Gasteiger partial charge in [0.05, 0.1) is 0 Å². The van der Waals surface area contributed by atoms with Crippen molar-refractivity contribution in [1.82, 2.24) is 14.2 Å². The molecule has 2 heterocycles. The second kappa shape index (κ2) is 10.4. The summed E-state index contributed by atoms with van der Waals surface area (Å²) in [6.45, 7) is 6.64. The maximum Gasteiger partial charge on any atom is 0.104 e. The Labute approximate surface area is 201 Å². The second-order valence-electron chi connectivity index (χ2n) is 8.78. The van der Waals surface area contributed by atoms with Crippen molar-refractivity contribution in [2.75, 3.05) is 19.3 Å². The molecule has 1 aliphatic rings. The molecule has 0 bridgehead atoms. The third kappa shape index (κ3) is 4.88. The molecule has 2 atom stereocenters. The Kier molecular flexibility index (Phi) is 7.56. The van der Waals surface area contributed by atoms with Gasteiger partial charge in [0.1, 0.15) is 4.99 Å². The Morgan fingerprint density at radius 1 is 1.25 bits per heavy atom. The number of nitrogens with one attached hydrogen (secondary N) is 1. The first kappa shape index (κ1) is 23.3. The molecule has 4 rings (SSSR count). The Morgan fingerprint density at radius 3 is 2.81 bits per heavy atom. The maximum atomic E-state index is 5.92. The first-order chi connectivity index (χ1) is 15.5. The van der Waals surface area contributed by atoms with Crippen LogP contribution >= 0.6 is 24.2 Å². The minimum Gasteiger partial charge on any atom is -0.389 e. The van der Waals surface area contributed by atoms with Gasteiger partial charge in [0.15, 0.2) is 0 Å². The molecule has 0 radical (unpaired) electrons. The summed E-state index contributed by atoms with van der Waals surface area (Å²) in [6, 6.07) is 16.3. The zero-order valence-electron chi connectivity index (χ0n) is 19.3. The number of fused-ring (bicyclic) bond motifs is 1. The average Bonchev–Trinajstić information content (AvgIpc) is 3.17. The molecule has 6 heteroatoms. The van der Waals surface area contributed by atoms with Crippen LogP contribution in [-0.4, -0.2) is 39.2 Å². The van der Waals surface area contributed by atoms with Gasteiger partial charge in [-0.1, -0.05) is 61.4 Å². The zero-order valence-corrected chi connectivity index (χ0v) is 20.9. The van der Waals surface area contributed by atoms with E-state index in [4.69, 9.17) is 18.0 Å². The molecular formula is C26H34N4S2. The molecular weight excluding hydrogens is 432 g/mol. The molecule has 1 saturated heterocycles. The summed E-state index contributed by atoms with van der Waals surface area (Å²) in [5.74, 6) is 1.21. The monoisotopic (exact) mass is 466 g/mol. The lowest BCUT2D eigenvalue weighted by atomic mass is 10.00. The van der Waals surface area contributed by atoms with Crippen molar-refractivity contribution in [1.29, 1.82) is 0 Å². The number of rotatable bonds is 8. The van der Waals surface area contributed by atoms with E-state index in [2.05, 4.69) is 64.6 Å². The number of hydrogen-bond donors (Lipinski definition) is 2. The SMILES string of the molecule is CCCSN1CCC(n2cc(-c3cccc(C(N)=S)c3)c3ccc(CNC)cc32)CC1C. The van der Waals surface area contributed by atoms with Crippen molar-refractivity contribution in [2.45, 2.75) is 51.7 Å². The molecule has 3 aromatic rings. The fourth-order valence-corrected chi connectivity index (χ4v) is 5.88. The Morgan fingerprint density at radius 2 is 2.09 bits per heavy atom. The van der Waals surface area contributed by atoms with Crippen molar-refractivity contribution < 1.29 is 0 Å². The van der Waals surface area contributed by atoms with E-state index in [0.29, 0.717) is 17.1 Å². The number of hydrogen-bond acceptors (Lipinski definition) is 4. The number of piperidine rings is 1. The number of nitrogens with zero attached hydrogens (tertiary/aromatic N) is 2. The summed E-state index contributed by atoms with van der Waals surface area (Å²) in [6.07, 6.45) is 5.93. The fourth-order valence-electron chi connectivity index (χ4n) is 4.76. The largest absolute Gasteiger partial charge is 0.389 e. The molecule has 1 aliphatic heterocycles. The molecule has 0 amide bonds. The highest BCUT2D eigenvalue weighted by atomic mass is 32.2. The lowest BCUT2D eigenvalue weighted by molar-refractivity contribution is 0.229. The van der Waals surface area contributed by atoms with E-state index in [1.165, 1.54) is 52.6 Å². The summed E-state index contributed by atoms with van der Waals surface area (Å²) in [5, 5.41) is 4.58. The van der Waals surface area contributed by atoms with Gasteiger partial charge in [-0.15, -0.1) is 0 Å². The maximum absolute atomic E-state index is 5.92. The first-order valence-electron chi connectivity index (χ1n) is 11.6. The lowest BCUT2D eigenvalue weighted by Crippen LogP contribution is -2.37. The Hall–Kier alpha value is -1.86. The second-order valence-corrected chi connectivity index (χ2v) is 10.4. The van der Waals surface area contributed by atoms with E-state index in [1.807, 2.05) is 31.1 Å². The van der Waals surface area contributed by atoms with Crippen LogP contribution in [0.3, 0.4) is 0 Å². The summed E-state index contributed by atoms with van der Waals surface area (Å²) < 4.78 is 5.13. The van der Waals surface area contributed by atoms with Crippen LogP contribution in [0.1, 0.15) is 50.3 Å². The standard InChI is InChI=1S/C26H34N4S2/c1-4-12-32-30-11-10-22(13-18(30)2)29-17-24(20-6-5-7-21(15-20)26(27)31)23-9-8-19(16-28-3)14-25(23)29/h5-9,14-15,17-18,22,28H,4,10-13,16H2,1-3H3,(H2,27,31). The quantitative estimate of drug-likeness (QED) is 0.327. The smallest absolute Gasteiger partial charge is 0.104 e. The van der Waals surface area contributed by atoms with Crippen LogP contribution in [-0.2, 0) is 6.54 Å². The van der Waals surface area contributed by atoms with Crippen LogP contribution in [0.15, 0.2) is 48.7 Å². The molecule has 2 unspecified atom stereocenters. The minimum atomic E-state index is 0.442. The summed E-state index contributed by atoms with van der Waals surface area (Å²) in [7, 11) is 2.00. The third-order valence-corrected chi connectivity index (χ3v) is 8.08. The third-order valence-electron chi connectivity index (χ3n) is 6.38. The molecule has 170 valence electrons. The van der Waals surface area contributed by atoms with Crippen molar-refractivity contribution in [3.05, 3.63) is 59.8 Å². The van der Waals surface area contributed by atoms with Crippen molar-refractivity contribution in [2.24, 2.45) is 5.73 Å². The number of benzene rings is 2. The van der Waals surface area contributed by atoms with Gasteiger partial charge in [0, 0.05) is 59.2 Å². The summed E-state index contributed by atoms with van der Waals surface area (Å²) in [4.78, 5) is 0.442. The molecule has 0 saturated carbocycles. The van der Waals surface area contributed by atoms with Gasteiger partial charge in [-0.25, -0.2) is 4.31 Å². The number of aromatic nitrogens is 1. The van der Waals surface area contributed by atoms with Gasteiger partial charge in [-0.05, 0) is 56.5 Å². The van der Waals surface area contributed by atoms with Gasteiger partial charge in [-0.3, -0.25) is 0 Å². The van der Waals surface area contributed by atoms with Gasteiger partial charge < -0.3 is 15.6 Å². The Balaban J connectivity index is 1.74. The van der Waals surface area contributed by atoms with E-state index in [1.54, 1.807) is 0 Å². The molecule has 0 spiro atoms. The zero-order chi connectivity index (χ0) is 22.7. The van der Waals surface area contributed by atoms with E-state index < -0.39 is 0 Å². The van der Waals surface area contributed by atoms with Crippen LogP contribution in [0.5, 0.6) is 0 Å². The average molecular weight is 467 g/mol. The number of nitrogens with two attached hydrogens (primary N) is 1. The van der Waals surface area contributed by atoms with Gasteiger partial charge >= 0.3 is 0 Å². The molecule has 2 aromatic carbocycles. The van der Waals surface area contributed by atoms with Crippen LogP contribution < -0.4 is 11.1 Å². The topological polar surface area (TPSA) is 46.2 Å².